The van der Waals surface area contributed by atoms with Crippen molar-refractivity contribution in [2.75, 3.05) is 0 Å². The Bertz CT molecular complexity index is 782. The van der Waals surface area contributed by atoms with Crippen LogP contribution in [0, 0.1) is 11.6 Å². The zero-order valence-corrected chi connectivity index (χ0v) is 12.4. The summed E-state index contributed by atoms with van der Waals surface area (Å²) in [6.07, 6.45) is 0. The van der Waals surface area contributed by atoms with E-state index in [9.17, 15) is 8.78 Å². The first-order valence-electron chi connectivity index (χ1n) is 5.73. The molecule has 2 aromatic heterocycles. The van der Waals surface area contributed by atoms with Crippen molar-refractivity contribution < 1.29 is 8.78 Å². The fraction of sp³-hybridized carbons (Fsp3) is 0.154. The summed E-state index contributed by atoms with van der Waals surface area (Å²) in [5.41, 5.74) is 0.521. The number of nitrogens with zero attached hydrogens (tertiary/aromatic N) is 2. The predicted octanol–water partition coefficient (Wildman–Crippen LogP) is 4.82. The molecular formula is C13H8Cl2F2N2S. The Hall–Kier alpha value is -1.17. The second kappa shape index (κ2) is 5.31. The Labute approximate surface area is 127 Å². The first-order chi connectivity index (χ1) is 9.58. The second-order valence-electron chi connectivity index (χ2n) is 4.21. The van der Waals surface area contributed by atoms with E-state index in [1.165, 1.54) is 17.4 Å². The summed E-state index contributed by atoms with van der Waals surface area (Å²) in [7, 11) is 0. The molecule has 2 heterocycles. The van der Waals surface area contributed by atoms with E-state index in [4.69, 9.17) is 23.2 Å². The molecule has 20 heavy (non-hydrogen) atoms. The van der Waals surface area contributed by atoms with Crippen LogP contribution in [0.25, 0.3) is 11.0 Å². The third kappa shape index (κ3) is 2.41. The number of rotatable bonds is 3. The van der Waals surface area contributed by atoms with Gasteiger partial charge in [-0.25, -0.2) is 13.8 Å². The maximum atomic E-state index is 13.7. The van der Waals surface area contributed by atoms with Crippen molar-refractivity contribution in [3.63, 3.8) is 0 Å². The van der Waals surface area contributed by atoms with Crippen LogP contribution < -0.4 is 0 Å². The lowest BCUT2D eigenvalue weighted by Crippen LogP contribution is -2.02. The standard InChI is InChI=1S/C13H8Cl2F2N2S/c14-5-12-18-13-9(17)3-7(16)4-10(13)19(12)6-8-1-2-11(15)20-8/h1-4H,5-6H2. The smallest absolute Gasteiger partial charge is 0.153 e. The minimum Gasteiger partial charge on any atom is -0.321 e. The highest BCUT2D eigenvalue weighted by Gasteiger charge is 2.15. The summed E-state index contributed by atoms with van der Waals surface area (Å²) < 4.78 is 29.5. The molecule has 0 saturated heterocycles. The zero-order chi connectivity index (χ0) is 14.3. The number of halogens is 4. The van der Waals surface area contributed by atoms with Gasteiger partial charge in [0, 0.05) is 10.9 Å². The third-order valence-corrected chi connectivity index (χ3v) is 4.37. The molecule has 0 aliphatic carbocycles. The number of benzene rings is 1. The summed E-state index contributed by atoms with van der Waals surface area (Å²) in [5.74, 6) is -0.707. The highest BCUT2D eigenvalue weighted by molar-refractivity contribution is 7.16. The van der Waals surface area contributed by atoms with Crippen LogP contribution in [0.2, 0.25) is 4.34 Å². The fourth-order valence-corrected chi connectivity index (χ4v) is 3.35. The highest BCUT2D eigenvalue weighted by atomic mass is 35.5. The van der Waals surface area contributed by atoms with Gasteiger partial charge in [-0.05, 0) is 18.2 Å². The lowest BCUT2D eigenvalue weighted by molar-refractivity contribution is 0.590. The van der Waals surface area contributed by atoms with Gasteiger partial charge in [-0.1, -0.05) is 11.6 Å². The van der Waals surface area contributed by atoms with Crippen LogP contribution in [0.3, 0.4) is 0 Å². The van der Waals surface area contributed by atoms with Gasteiger partial charge in [-0.2, -0.15) is 0 Å². The lowest BCUT2D eigenvalue weighted by atomic mass is 10.3. The van der Waals surface area contributed by atoms with Crippen molar-refractivity contribution in [1.82, 2.24) is 9.55 Å². The van der Waals surface area contributed by atoms with Gasteiger partial charge in [0.25, 0.3) is 0 Å². The predicted molar refractivity (Wildman–Crippen MR) is 77.6 cm³/mol. The number of alkyl halides is 1. The van der Waals surface area contributed by atoms with Crippen molar-refractivity contribution in [2.24, 2.45) is 0 Å². The minimum atomic E-state index is -0.686. The summed E-state index contributed by atoms with van der Waals surface area (Å²) >= 11 is 13.1. The molecule has 0 amide bonds. The average Bonchev–Trinajstić information content (AvgIpc) is 2.95. The third-order valence-electron chi connectivity index (χ3n) is 2.91. The Morgan fingerprint density at radius 3 is 2.70 bits per heavy atom. The average molecular weight is 333 g/mol. The van der Waals surface area contributed by atoms with E-state index >= 15 is 0 Å². The molecule has 0 spiro atoms. The summed E-state index contributed by atoms with van der Waals surface area (Å²) in [4.78, 5) is 5.10. The van der Waals surface area contributed by atoms with Crippen LogP contribution in [-0.4, -0.2) is 9.55 Å². The maximum absolute atomic E-state index is 13.7. The Balaban J connectivity index is 2.17. The van der Waals surface area contributed by atoms with Gasteiger partial charge < -0.3 is 4.57 Å². The molecule has 3 rings (SSSR count). The van der Waals surface area contributed by atoms with Gasteiger partial charge in [0.15, 0.2) is 5.82 Å². The van der Waals surface area contributed by atoms with Gasteiger partial charge in [-0.3, -0.25) is 0 Å². The van der Waals surface area contributed by atoms with E-state index in [1.54, 1.807) is 10.6 Å². The molecule has 1 aromatic carbocycles. The molecule has 0 aliphatic heterocycles. The van der Waals surface area contributed by atoms with Crippen LogP contribution in [0.4, 0.5) is 8.78 Å². The molecule has 0 saturated carbocycles. The molecule has 0 radical (unpaired) electrons. The molecular weight excluding hydrogens is 325 g/mol. The SMILES string of the molecule is Fc1cc(F)c2nc(CCl)n(Cc3ccc(Cl)s3)c2c1. The molecule has 3 aromatic rings. The summed E-state index contributed by atoms with van der Waals surface area (Å²) in [6.45, 7) is 0.429. The van der Waals surface area contributed by atoms with E-state index in [1.807, 2.05) is 6.07 Å². The van der Waals surface area contributed by atoms with Crippen LogP contribution in [0.15, 0.2) is 24.3 Å². The molecule has 0 bridgehead atoms. The molecule has 0 aliphatic rings. The van der Waals surface area contributed by atoms with Gasteiger partial charge in [0.1, 0.15) is 17.2 Å². The maximum Gasteiger partial charge on any atom is 0.153 e. The van der Waals surface area contributed by atoms with Crippen LogP contribution in [0.5, 0.6) is 0 Å². The van der Waals surface area contributed by atoms with Crippen molar-refractivity contribution in [3.05, 3.63) is 50.9 Å². The largest absolute Gasteiger partial charge is 0.321 e. The fourth-order valence-electron chi connectivity index (χ4n) is 2.07. The second-order valence-corrected chi connectivity index (χ2v) is 6.28. The first kappa shape index (κ1) is 13.8. The number of hydrogen-bond acceptors (Lipinski definition) is 2. The molecule has 104 valence electrons. The monoisotopic (exact) mass is 332 g/mol. The number of aromatic nitrogens is 2. The normalized spacial score (nSPS) is 11.4. The molecule has 7 heteroatoms. The number of thiophene rings is 1. The van der Waals surface area contributed by atoms with Crippen molar-refractivity contribution >= 4 is 45.6 Å². The van der Waals surface area contributed by atoms with Gasteiger partial charge in [-0.15, -0.1) is 22.9 Å². The summed E-state index contributed by atoms with van der Waals surface area (Å²) in [5, 5.41) is 0. The Morgan fingerprint density at radius 2 is 2.05 bits per heavy atom. The van der Waals surface area contributed by atoms with Crippen LogP contribution in [-0.2, 0) is 12.4 Å². The quantitative estimate of drug-likeness (QED) is 0.629. The molecule has 2 nitrogen and oxygen atoms in total. The van der Waals surface area contributed by atoms with E-state index in [0.29, 0.717) is 22.2 Å². The first-order valence-corrected chi connectivity index (χ1v) is 7.45. The van der Waals surface area contributed by atoms with Gasteiger partial charge >= 0.3 is 0 Å². The van der Waals surface area contributed by atoms with Crippen molar-refractivity contribution in [3.8, 4) is 0 Å². The molecule has 0 fully saturated rings. The van der Waals surface area contributed by atoms with E-state index in [-0.39, 0.29) is 11.4 Å². The summed E-state index contributed by atoms with van der Waals surface area (Å²) in [6, 6.07) is 5.73. The van der Waals surface area contributed by atoms with E-state index < -0.39 is 11.6 Å². The van der Waals surface area contributed by atoms with Crippen molar-refractivity contribution in [1.29, 1.82) is 0 Å². The molecule has 0 atom stereocenters. The topological polar surface area (TPSA) is 17.8 Å². The zero-order valence-electron chi connectivity index (χ0n) is 10.0. The van der Waals surface area contributed by atoms with Crippen LogP contribution in [0.1, 0.15) is 10.7 Å². The van der Waals surface area contributed by atoms with E-state index in [2.05, 4.69) is 4.98 Å². The Kier molecular flexibility index (Phi) is 3.67. The van der Waals surface area contributed by atoms with Gasteiger partial charge in [0.05, 0.1) is 22.3 Å². The Morgan fingerprint density at radius 1 is 1.25 bits per heavy atom. The minimum absolute atomic E-state index is 0.120. The highest BCUT2D eigenvalue weighted by Crippen LogP contribution is 2.26. The number of imidazole rings is 1. The van der Waals surface area contributed by atoms with Crippen LogP contribution >= 0.6 is 34.5 Å². The number of fused-ring (bicyclic) bond motifs is 1. The lowest BCUT2D eigenvalue weighted by Gasteiger charge is -2.06. The van der Waals surface area contributed by atoms with E-state index in [0.717, 1.165) is 10.9 Å². The van der Waals surface area contributed by atoms with Crippen molar-refractivity contribution in [2.45, 2.75) is 12.4 Å². The van der Waals surface area contributed by atoms with Gasteiger partial charge in [0.2, 0.25) is 0 Å². The number of hydrogen-bond donors (Lipinski definition) is 0. The molecule has 0 unspecified atom stereocenters. The molecule has 0 N–H and O–H groups in total.